The fourth-order valence-electron chi connectivity index (χ4n) is 1.79. The van der Waals surface area contributed by atoms with Crippen LogP contribution in [0.2, 0.25) is 0 Å². The van der Waals surface area contributed by atoms with Gasteiger partial charge in [-0.05, 0) is 18.2 Å². The molecule has 19 heavy (non-hydrogen) atoms. The van der Waals surface area contributed by atoms with Crippen LogP contribution in [0.1, 0.15) is 0 Å². The van der Waals surface area contributed by atoms with Crippen molar-refractivity contribution in [1.29, 1.82) is 0 Å². The number of hydrogen-bond donors (Lipinski definition) is 1. The van der Waals surface area contributed by atoms with Crippen LogP contribution in [0.5, 0.6) is 5.75 Å². The van der Waals surface area contributed by atoms with E-state index in [2.05, 4.69) is 9.97 Å². The summed E-state index contributed by atoms with van der Waals surface area (Å²) in [5, 5.41) is 10.6. The average molecular weight is 259 g/mol. The van der Waals surface area contributed by atoms with Gasteiger partial charge in [0.1, 0.15) is 10.7 Å². The summed E-state index contributed by atoms with van der Waals surface area (Å²) in [7, 11) is 1.58. The van der Waals surface area contributed by atoms with Crippen LogP contribution in [0.3, 0.4) is 0 Å². The Morgan fingerprint density at radius 2 is 2.21 bits per heavy atom. The van der Waals surface area contributed by atoms with Crippen molar-refractivity contribution in [2.75, 3.05) is 7.11 Å². The molecular weight excluding hydrogens is 250 g/mol. The quantitative estimate of drug-likeness (QED) is 0.576. The molecule has 3 rings (SSSR count). The molecule has 0 unspecified atom stereocenters. The zero-order valence-electron chi connectivity index (χ0n) is 9.91. The molecule has 0 atom stereocenters. The third-order valence-electron chi connectivity index (χ3n) is 2.69. The molecule has 2 aromatic heterocycles. The van der Waals surface area contributed by atoms with E-state index < -0.39 is 4.92 Å². The van der Waals surface area contributed by atoms with Crippen molar-refractivity contribution in [3.63, 3.8) is 0 Å². The van der Waals surface area contributed by atoms with Crippen molar-refractivity contribution < 1.29 is 14.1 Å². The average Bonchev–Trinajstić information content (AvgIpc) is 3.04. The van der Waals surface area contributed by atoms with E-state index in [0.29, 0.717) is 17.3 Å². The number of H-pyrrole nitrogens is 1. The summed E-state index contributed by atoms with van der Waals surface area (Å²) in [5.74, 6) is 1.15. The van der Waals surface area contributed by atoms with E-state index in [0.717, 1.165) is 11.0 Å². The van der Waals surface area contributed by atoms with E-state index in [-0.39, 0.29) is 5.88 Å². The summed E-state index contributed by atoms with van der Waals surface area (Å²) >= 11 is 0. The molecule has 0 aliphatic carbocycles. The van der Waals surface area contributed by atoms with Crippen LogP contribution >= 0.6 is 0 Å². The van der Waals surface area contributed by atoms with Gasteiger partial charge in [0.05, 0.1) is 24.2 Å². The van der Waals surface area contributed by atoms with Crippen LogP contribution in [0.25, 0.3) is 22.6 Å². The van der Waals surface area contributed by atoms with E-state index in [1.165, 1.54) is 12.1 Å². The molecule has 0 spiro atoms. The Balaban J connectivity index is 2.06. The van der Waals surface area contributed by atoms with Crippen LogP contribution in [-0.2, 0) is 0 Å². The highest BCUT2D eigenvalue weighted by Crippen LogP contribution is 2.27. The number of imidazole rings is 1. The maximum Gasteiger partial charge on any atom is 0.433 e. The van der Waals surface area contributed by atoms with Crippen molar-refractivity contribution in [1.82, 2.24) is 9.97 Å². The van der Waals surface area contributed by atoms with Crippen molar-refractivity contribution in [2.45, 2.75) is 0 Å². The molecule has 2 heterocycles. The molecule has 0 amide bonds. The number of hydrogen-bond acceptors (Lipinski definition) is 5. The Morgan fingerprint density at radius 3 is 2.89 bits per heavy atom. The molecule has 0 saturated heterocycles. The lowest BCUT2D eigenvalue weighted by molar-refractivity contribution is -0.401. The highest BCUT2D eigenvalue weighted by atomic mass is 16.6. The Morgan fingerprint density at radius 1 is 1.37 bits per heavy atom. The Kier molecular flexibility index (Phi) is 2.45. The minimum Gasteiger partial charge on any atom is -0.497 e. The predicted octanol–water partition coefficient (Wildman–Crippen LogP) is 2.74. The number of benzene rings is 1. The molecule has 0 aliphatic rings. The first kappa shape index (κ1) is 11.3. The zero-order valence-corrected chi connectivity index (χ0v) is 9.91. The van der Waals surface area contributed by atoms with Crippen LogP contribution in [0.4, 0.5) is 5.88 Å². The van der Waals surface area contributed by atoms with Crippen LogP contribution in [-0.4, -0.2) is 22.0 Å². The molecule has 0 aliphatic heterocycles. The summed E-state index contributed by atoms with van der Waals surface area (Å²) < 4.78 is 10.2. The molecule has 0 saturated carbocycles. The second-order valence-corrected chi connectivity index (χ2v) is 3.86. The number of furan rings is 1. The first-order valence-corrected chi connectivity index (χ1v) is 5.46. The largest absolute Gasteiger partial charge is 0.497 e. The number of nitrogens with zero attached hydrogens (tertiary/aromatic N) is 2. The van der Waals surface area contributed by atoms with E-state index in [9.17, 15) is 10.1 Å². The van der Waals surface area contributed by atoms with Gasteiger partial charge in [0, 0.05) is 6.07 Å². The van der Waals surface area contributed by atoms with Gasteiger partial charge in [-0.2, -0.15) is 0 Å². The summed E-state index contributed by atoms with van der Waals surface area (Å²) in [5.41, 5.74) is 1.50. The van der Waals surface area contributed by atoms with Gasteiger partial charge in [0.15, 0.2) is 11.6 Å². The standard InChI is InChI=1S/C12H9N3O4/c1-18-7-2-3-8-9(6-7)14-12(13-8)10-4-5-11(19-10)15(16)17/h2-6H,1H3,(H,13,14). The smallest absolute Gasteiger partial charge is 0.433 e. The minimum absolute atomic E-state index is 0.312. The summed E-state index contributed by atoms with van der Waals surface area (Å²) in [4.78, 5) is 17.3. The first-order valence-electron chi connectivity index (χ1n) is 5.46. The van der Waals surface area contributed by atoms with Crippen molar-refractivity contribution >= 4 is 16.9 Å². The molecule has 3 aromatic rings. The third kappa shape index (κ3) is 1.90. The zero-order chi connectivity index (χ0) is 13.4. The van der Waals surface area contributed by atoms with Crippen LogP contribution < -0.4 is 4.74 Å². The Labute approximate surface area is 107 Å². The van der Waals surface area contributed by atoms with Crippen LogP contribution in [0, 0.1) is 10.1 Å². The molecule has 7 heteroatoms. The lowest BCUT2D eigenvalue weighted by Gasteiger charge is -1.96. The molecule has 1 aromatic carbocycles. The highest BCUT2D eigenvalue weighted by molar-refractivity contribution is 5.80. The maximum absolute atomic E-state index is 10.6. The maximum atomic E-state index is 10.6. The van der Waals surface area contributed by atoms with Crippen molar-refractivity contribution in [2.24, 2.45) is 0 Å². The fourth-order valence-corrected chi connectivity index (χ4v) is 1.79. The molecule has 96 valence electrons. The lowest BCUT2D eigenvalue weighted by atomic mass is 10.3. The van der Waals surface area contributed by atoms with Gasteiger partial charge in [-0.3, -0.25) is 10.1 Å². The van der Waals surface area contributed by atoms with Gasteiger partial charge in [-0.25, -0.2) is 4.98 Å². The molecule has 0 fully saturated rings. The van der Waals surface area contributed by atoms with Gasteiger partial charge in [-0.1, -0.05) is 0 Å². The SMILES string of the molecule is COc1ccc2nc(-c3ccc([N+](=O)[O-])o3)[nH]c2c1. The number of aromatic nitrogens is 2. The minimum atomic E-state index is -0.588. The molecule has 1 N–H and O–H groups in total. The predicted molar refractivity (Wildman–Crippen MR) is 67.0 cm³/mol. The highest BCUT2D eigenvalue weighted by Gasteiger charge is 2.15. The number of nitrogens with one attached hydrogen (secondary N) is 1. The Hall–Kier alpha value is -2.83. The molecule has 0 bridgehead atoms. The van der Waals surface area contributed by atoms with Crippen LogP contribution in [0.15, 0.2) is 34.7 Å². The number of nitro groups is 1. The second kappa shape index (κ2) is 4.13. The van der Waals surface area contributed by atoms with E-state index in [1.807, 2.05) is 0 Å². The summed E-state index contributed by atoms with van der Waals surface area (Å²) in [6, 6.07) is 8.18. The molecule has 0 radical (unpaired) electrons. The lowest BCUT2D eigenvalue weighted by Crippen LogP contribution is -1.83. The topological polar surface area (TPSA) is 94.2 Å². The van der Waals surface area contributed by atoms with Gasteiger partial charge in [0.2, 0.25) is 0 Å². The molecule has 7 nitrogen and oxygen atoms in total. The number of fused-ring (bicyclic) bond motifs is 1. The van der Waals surface area contributed by atoms with E-state index in [4.69, 9.17) is 9.15 Å². The third-order valence-corrected chi connectivity index (χ3v) is 2.69. The van der Waals surface area contributed by atoms with Crippen molar-refractivity contribution in [3.8, 4) is 17.3 Å². The Bertz CT molecular complexity index is 759. The number of ether oxygens (including phenoxy) is 1. The number of methoxy groups -OCH3 is 1. The fraction of sp³-hybridized carbons (Fsp3) is 0.0833. The van der Waals surface area contributed by atoms with Gasteiger partial charge in [-0.15, -0.1) is 0 Å². The van der Waals surface area contributed by atoms with E-state index >= 15 is 0 Å². The van der Waals surface area contributed by atoms with Gasteiger partial charge in [0.25, 0.3) is 0 Å². The first-order chi connectivity index (χ1) is 9.17. The van der Waals surface area contributed by atoms with E-state index in [1.54, 1.807) is 25.3 Å². The second-order valence-electron chi connectivity index (χ2n) is 3.86. The monoisotopic (exact) mass is 259 g/mol. The normalized spacial score (nSPS) is 10.8. The molecular formula is C12H9N3O4. The van der Waals surface area contributed by atoms with Crippen molar-refractivity contribution in [3.05, 3.63) is 40.4 Å². The summed E-state index contributed by atoms with van der Waals surface area (Å²) in [6.45, 7) is 0. The number of aromatic amines is 1. The summed E-state index contributed by atoms with van der Waals surface area (Å²) in [6.07, 6.45) is 0. The van der Waals surface area contributed by atoms with Gasteiger partial charge < -0.3 is 14.1 Å². The number of rotatable bonds is 3. The van der Waals surface area contributed by atoms with Gasteiger partial charge >= 0.3 is 5.88 Å².